The van der Waals surface area contributed by atoms with E-state index < -0.39 is 0 Å². The summed E-state index contributed by atoms with van der Waals surface area (Å²) in [7, 11) is 0. The minimum absolute atomic E-state index is 0.142. The molecule has 0 spiro atoms. The van der Waals surface area contributed by atoms with Crippen LogP contribution in [0.3, 0.4) is 0 Å². The first-order valence-electron chi connectivity index (χ1n) is 6.52. The van der Waals surface area contributed by atoms with Crippen molar-refractivity contribution in [3.05, 3.63) is 21.9 Å². The Balaban J connectivity index is 2.05. The van der Waals surface area contributed by atoms with E-state index in [1.54, 1.807) is 6.92 Å². The van der Waals surface area contributed by atoms with Crippen LogP contribution in [-0.4, -0.2) is 23.1 Å². The molecule has 0 saturated heterocycles. The molecule has 1 fully saturated rings. The summed E-state index contributed by atoms with van der Waals surface area (Å²) < 4.78 is 0. The molecule has 1 amide bonds. The molecule has 3 nitrogen and oxygen atoms in total. The van der Waals surface area contributed by atoms with Crippen LogP contribution in [0.25, 0.3) is 0 Å². The largest absolute Gasteiger partial charge is 0.335 e. The van der Waals surface area contributed by atoms with Gasteiger partial charge in [0.1, 0.15) is 0 Å². The number of nitrogens with zero attached hydrogens (tertiary/aromatic N) is 1. The molecule has 0 atom stereocenters. The topological polar surface area (TPSA) is 37.4 Å². The SMILES string of the molecule is CC(=O)N(Cc1ccc(C=O)s1)C1CCCCC1. The van der Waals surface area contributed by atoms with Gasteiger partial charge in [-0.2, -0.15) is 0 Å². The third-order valence-corrected chi connectivity index (χ3v) is 4.54. The number of carbonyl (C=O) groups excluding carboxylic acids is 2. The Labute approximate surface area is 112 Å². The van der Waals surface area contributed by atoms with Gasteiger partial charge in [0.15, 0.2) is 6.29 Å². The molecular formula is C14H19NO2S. The zero-order chi connectivity index (χ0) is 13.0. The summed E-state index contributed by atoms with van der Waals surface area (Å²) in [6, 6.07) is 4.16. The third-order valence-electron chi connectivity index (χ3n) is 3.54. The predicted molar refractivity (Wildman–Crippen MR) is 72.8 cm³/mol. The highest BCUT2D eigenvalue weighted by Gasteiger charge is 2.23. The maximum absolute atomic E-state index is 11.8. The average molecular weight is 265 g/mol. The lowest BCUT2D eigenvalue weighted by Gasteiger charge is -2.33. The Kier molecular flexibility index (Phi) is 4.53. The minimum atomic E-state index is 0.142. The Morgan fingerprint density at radius 2 is 2.11 bits per heavy atom. The van der Waals surface area contributed by atoms with Crippen LogP contribution in [0.5, 0.6) is 0 Å². The molecule has 1 aliphatic carbocycles. The van der Waals surface area contributed by atoms with Gasteiger partial charge in [-0.05, 0) is 25.0 Å². The molecule has 0 N–H and O–H groups in total. The van der Waals surface area contributed by atoms with Crippen LogP contribution in [-0.2, 0) is 11.3 Å². The van der Waals surface area contributed by atoms with Crippen molar-refractivity contribution in [2.45, 2.75) is 51.6 Å². The predicted octanol–water partition coefficient (Wildman–Crippen LogP) is 3.24. The molecule has 1 saturated carbocycles. The van der Waals surface area contributed by atoms with Gasteiger partial charge in [0, 0.05) is 17.8 Å². The van der Waals surface area contributed by atoms with Crippen molar-refractivity contribution in [2.75, 3.05) is 0 Å². The van der Waals surface area contributed by atoms with E-state index in [4.69, 9.17) is 0 Å². The quantitative estimate of drug-likeness (QED) is 0.784. The van der Waals surface area contributed by atoms with Gasteiger partial charge in [-0.25, -0.2) is 0 Å². The highest BCUT2D eigenvalue weighted by molar-refractivity contribution is 7.13. The molecule has 1 aliphatic rings. The maximum Gasteiger partial charge on any atom is 0.220 e. The molecule has 0 radical (unpaired) electrons. The first-order chi connectivity index (χ1) is 8.70. The van der Waals surface area contributed by atoms with E-state index in [9.17, 15) is 9.59 Å². The van der Waals surface area contributed by atoms with Gasteiger partial charge in [0.05, 0.1) is 11.4 Å². The van der Waals surface area contributed by atoms with Gasteiger partial charge >= 0.3 is 0 Å². The van der Waals surface area contributed by atoms with E-state index in [0.29, 0.717) is 12.6 Å². The summed E-state index contributed by atoms with van der Waals surface area (Å²) in [5.41, 5.74) is 0. The second-order valence-electron chi connectivity index (χ2n) is 4.86. The summed E-state index contributed by atoms with van der Waals surface area (Å²) in [5, 5.41) is 0. The van der Waals surface area contributed by atoms with E-state index in [-0.39, 0.29) is 5.91 Å². The first kappa shape index (κ1) is 13.3. The molecule has 18 heavy (non-hydrogen) atoms. The average Bonchev–Trinajstić information content (AvgIpc) is 2.84. The number of hydrogen-bond acceptors (Lipinski definition) is 3. The lowest BCUT2D eigenvalue weighted by atomic mass is 9.94. The fraction of sp³-hybridized carbons (Fsp3) is 0.571. The molecule has 4 heteroatoms. The Morgan fingerprint density at radius 1 is 1.39 bits per heavy atom. The lowest BCUT2D eigenvalue weighted by molar-refractivity contribution is -0.132. The van der Waals surface area contributed by atoms with Crippen molar-refractivity contribution in [3.8, 4) is 0 Å². The van der Waals surface area contributed by atoms with Gasteiger partial charge in [-0.15, -0.1) is 11.3 Å². The number of aldehydes is 1. The fourth-order valence-corrected chi connectivity index (χ4v) is 3.43. The summed E-state index contributed by atoms with van der Waals surface area (Å²) in [4.78, 5) is 26.3. The van der Waals surface area contributed by atoms with E-state index in [1.807, 2.05) is 17.0 Å². The van der Waals surface area contributed by atoms with E-state index in [1.165, 1.54) is 30.6 Å². The highest BCUT2D eigenvalue weighted by atomic mass is 32.1. The van der Waals surface area contributed by atoms with E-state index in [0.717, 1.165) is 28.9 Å². The Morgan fingerprint density at radius 3 is 2.67 bits per heavy atom. The van der Waals surface area contributed by atoms with Crippen LogP contribution in [0.1, 0.15) is 53.6 Å². The molecule has 0 aliphatic heterocycles. The number of carbonyl (C=O) groups is 2. The van der Waals surface area contributed by atoms with Crippen molar-refractivity contribution in [1.29, 1.82) is 0 Å². The number of rotatable bonds is 4. The first-order valence-corrected chi connectivity index (χ1v) is 7.33. The molecule has 98 valence electrons. The molecule has 0 bridgehead atoms. The van der Waals surface area contributed by atoms with Gasteiger partial charge in [0.25, 0.3) is 0 Å². The van der Waals surface area contributed by atoms with Gasteiger partial charge in [-0.1, -0.05) is 19.3 Å². The molecule has 0 unspecified atom stereocenters. The second-order valence-corrected chi connectivity index (χ2v) is 6.06. The summed E-state index contributed by atoms with van der Waals surface area (Å²) in [5.74, 6) is 0.142. The third kappa shape index (κ3) is 3.19. The molecule has 1 aromatic heterocycles. The summed E-state index contributed by atoms with van der Waals surface area (Å²) in [6.45, 7) is 2.29. The molecular weight excluding hydrogens is 246 g/mol. The smallest absolute Gasteiger partial charge is 0.220 e. The van der Waals surface area contributed by atoms with Crippen LogP contribution < -0.4 is 0 Å². The van der Waals surface area contributed by atoms with Crippen molar-refractivity contribution in [1.82, 2.24) is 4.90 Å². The number of thiophene rings is 1. The summed E-state index contributed by atoms with van der Waals surface area (Å²) >= 11 is 1.48. The van der Waals surface area contributed by atoms with Crippen LogP contribution in [0.15, 0.2) is 12.1 Å². The maximum atomic E-state index is 11.8. The van der Waals surface area contributed by atoms with E-state index >= 15 is 0 Å². The normalized spacial score (nSPS) is 16.5. The van der Waals surface area contributed by atoms with Crippen molar-refractivity contribution in [2.24, 2.45) is 0 Å². The van der Waals surface area contributed by atoms with Gasteiger partial charge < -0.3 is 4.90 Å². The van der Waals surface area contributed by atoms with Crippen molar-refractivity contribution < 1.29 is 9.59 Å². The van der Waals surface area contributed by atoms with E-state index in [2.05, 4.69) is 0 Å². The standard InChI is InChI=1S/C14H19NO2S/c1-11(17)15(12-5-3-2-4-6-12)9-13-7-8-14(10-16)18-13/h7-8,10,12H,2-6,9H2,1H3. The van der Waals surface area contributed by atoms with Gasteiger partial charge in [-0.3, -0.25) is 9.59 Å². The summed E-state index contributed by atoms with van der Waals surface area (Å²) in [6.07, 6.45) is 6.83. The zero-order valence-corrected chi connectivity index (χ0v) is 11.5. The van der Waals surface area contributed by atoms with Crippen LogP contribution >= 0.6 is 11.3 Å². The number of hydrogen-bond donors (Lipinski definition) is 0. The van der Waals surface area contributed by atoms with Gasteiger partial charge in [0.2, 0.25) is 5.91 Å². The highest BCUT2D eigenvalue weighted by Crippen LogP contribution is 2.25. The molecule has 0 aromatic carbocycles. The number of amides is 1. The fourth-order valence-electron chi connectivity index (χ4n) is 2.60. The molecule has 2 rings (SSSR count). The monoisotopic (exact) mass is 265 g/mol. The Bertz CT molecular complexity index is 421. The van der Waals surface area contributed by atoms with Crippen LogP contribution in [0.2, 0.25) is 0 Å². The molecule has 1 heterocycles. The zero-order valence-electron chi connectivity index (χ0n) is 10.7. The Hall–Kier alpha value is -1.16. The lowest BCUT2D eigenvalue weighted by Crippen LogP contribution is -2.39. The van der Waals surface area contributed by atoms with Crippen LogP contribution in [0.4, 0.5) is 0 Å². The van der Waals surface area contributed by atoms with Crippen molar-refractivity contribution in [3.63, 3.8) is 0 Å². The second kappa shape index (κ2) is 6.14. The molecule has 1 aromatic rings. The minimum Gasteiger partial charge on any atom is -0.335 e. The van der Waals surface area contributed by atoms with Crippen LogP contribution in [0, 0.1) is 0 Å². The van der Waals surface area contributed by atoms with Crippen molar-refractivity contribution >= 4 is 23.5 Å².